The van der Waals surface area contributed by atoms with Crippen LogP contribution in [-0.4, -0.2) is 0 Å². The first-order valence-corrected chi connectivity index (χ1v) is 22.6. The summed E-state index contributed by atoms with van der Waals surface area (Å²) in [5.41, 5.74) is 21.2. The molecule has 0 saturated carbocycles. The standard InChI is InChI=1S/C61H39NS/c1-3-19-40(20-4-1)62(41-21-5-2-6-22-41)42-37-38-58-53(39-42)51-32-17-31-50(60(51)63-58)46-26-10-8-24-44(46)43-23-7-9-25-45(43)49-30-18-36-57-59(49)52-29-13-16-35-56(52)61(57)54-33-14-11-27-47(54)48-28-12-15-34-55(48)61/h1-39H. The summed E-state index contributed by atoms with van der Waals surface area (Å²) in [6.45, 7) is 0. The summed E-state index contributed by atoms with van der Waals surface area (Å²) >= 11 is 1.89. The van der Waals surface area contributed by atoms with Gasteiger partial charge in [-0.2, -0.15) is 0 Å². The summed E-state index contributed by atoms with van der Waals surface area (Å²) in [5, 5.41) is 2.55. The molecular weight excluding hydrogens is 779 g/mol. The molecule has 0 N–H and O–H groups in total. The predicted molar refractivity (Wildman–Crippen MR) is 267 cm³/mol. The molecule has 0 atom stereocenters. The average molecular weight is 818 g/mol. The van der Waals surface area contributed by atoms with Crippen molar-refractivity contribution in [3.63, 3.8) is 0 Å². The molecule has 13 rings (SSSR count). The third kappa shape index (κ3) is 5.22. The lowest BCUT2D eigenvalue weighted by molar-refractivity contribution is 0.794. The Morgan fingerprint density at radius 2 is 0.714 bits per heavy atom. The van der Waals surface area contributed by atoms with Crippen LogP contribution in [0.2, 0.25) is 0 Å². The molecule has 1 aromatic heterocycles. The van der Waals surface area contributed by atoms with Crippen molar-refractivity contribution in [3.05, 3.63) is 259 Å². The lowest BCUT2D eigenvalue weighted by atomic mass is 9.70. The molecule has 1 heterocycles. The summed E-state index contributed by atoms with van der Waals surface area (Å²) < 4.78 is 2.58. The maximum absolute atomic E-state index is 2.39. The molecule has 0 unspecified atom stereocenters. The number of anilines is 3. The summed E-state index contributed by atoms with van der Waals surface area (Å²) in [6.07, 6.45) is 0. The van der Waals surface area contributed by atoms with Crippen LogP contribution >= 0.6 is 11.3 Å². The number of benzene rings is 10. The molecule has 2 heteroatoms. The highest BCUT2D eigenvalue weighted by molar-refractivity contribution is 7.26. The van der Waals surface area contributed by atoms with Crippen LogP contribution in [0.15, 0.2) is 237 Å². The van der Waals surface area contributed by atoms with Gasteiger partial charge < -0.3 is 4.90 Å². The zero-order valence-electron chi connectivity index (χ0n) is 34.4. The lowest BCUT2D eigenvalue weighted by Crippen LogP contribution is -2.25. The second kappa shape index (κ2) is 14.1. The van der Waals surface area contributed by atoms with Gasteiger partial charge in [-0.1, -0.05) is 194 Å². The Kier molecular flexibility index (Phi) is 8.06. The smallest absolute Gasteiger partial charge is 0.0725 e. The topological polar surface area (TPSA) is 3.24 Å². The van der Waals surface area contributed by atoms with E-state index in [1.54, 1.807) is 0 Å². The molecule has 1 nitrogen and oxygen atoms in total. The van der Waals surface area contributed by atoms with Crippen molar-refractivity contribution in [2.45, 2.75) is 5.41 Å². The van der Waals surface area contributed by atoms with Crippen LogP contribution < -0.4 is 4.90 Å². The van der Waals surface area contributed by atoms with Gasteiger partial charge in [-0.15, -0.1) is 11.3 Å². The van der Waals surface area contributed by atoms with E-state index in [9.17, 15) is 0 Å². The highest BCUT2D eigenvalue weighted by Gasteiger charge is 2.52. The van der Waals surface area contributed by atoms with Gasteiger partial charge in [-0.25, -0.2) is 0 Å². The number of nitrogens with zero attached hydrogens (tertiary/aromatic N) is 1. The fraction of sp³-hybridized carbons (Fsp3) is 0.0164. The molecule has 0 bridgehead atoms. The maximum atomic E-state index is 2.39. The van der Waals surface area contributed by atoms with Crippen molar-refractivity contribution in [2.75, 3.05) is 4.90 Å². The molecule has 11 aromatic rings. The van der Waals surface area contributed by atoms with Crippen LogP contribution in [0.25, 0.3) is 75.8 Å². The van der Waals surface area contributed by atoms with Gasteiger partial charge in [0.1, 0.15) is 0 Å². The van der Waals surface area contributed by atoms with Gasteiger partial charge in [0.2, 0.25) is 0 Å². The number of rotatable bonds is 6. The van der Waals surface area contributed by atoms with Crippen LogP contribution in [0.3, 0.4) is 0 Å². The quantitative estimate of drug-likeness (QED) is 0.162. The zero-order valence-corrected chi connectivity index (χ0v) is 35.2. The fourth-order valence-corrected chi connectivity index (χ4v) is 12.2. The SMILES string of the molecule is c1ccc(N(c2ccccc2)c2ccc3sc4c(-c5ccccc5-c5ccccc5-c5cccc6c5-c5ccccc5C65c6ccccc6-c6ccccc65)cccc4c3c2)cc1. The predicted octanol–water partition coefficient (Wildman–Crippen LogP) is 16.9. The van der Waals surface area contributed by atoms with E-state index in [-0.39, 0.29) is 0 Å². The minimum Gasteiger partial charge on any atom is -0.310 e. The second-order valence-electron chi connectivity index (χ2n) is 16.7. The van der Waals surface area contributed by atoms with Gasteiger partial charge in [0, 0.05) is 42.8 Å². The number of thiophene rings is 1. The second-order valence-corrected chi connectivity index (χ2v) is 17.7. The third-order valence-corrected chi connectivity index (χ3v) is 14.7. The van der Waals surface area contributed by atoms with Crippen LogP contribution in [0.4, 0.5) is 17.1 Å². The molecule has 0 aliphatic heterocycles. The molecule has 2 aliphatic carbocycles. The Hall–Kier alpha value is -7.78. The van der Waals surface area contributed by atoms with Gasteiger partial charge in [-0.3, -0.25) is 0 Å². The van der Waals surface area contributed by atoms with Gasteiger partial charge in [0.05, 0.1) is 5.41 Å². The van der Waals surface area contributed by atoms with E-state index in [1.165, 1.54) is 98.1 Å². The summed E-state index contributed by atoms with van der Waals surface area (Å²) in [6, 6.07) is 87.5. The molecule has 63 heavy (non-hydrogen) atoms. The van der Waals surface area contributed by atoms with Crippen molar-refractivity contribution in [2.24, 2.45) is 0 Å². The average Bonchev–Trinajstić information content (AvgIpc) is 3.99. The number of hydrogen-bond acceptors (Lipinski definition) is 2. The molecule has 0 fully saturated rings. The Bertz CT molecular complexity index is 3500. The first-order chi connectivity index (χ1) is 31.3. The molecule has 294 valence electrons. The van der Waals surface area contributed by atoms with Gasteiger partial charge in [-0.05, 0) is 115 Å². The largest absolute Gasteiger partial charge is 0.310 e. The fourth-order valence-electron chi connectivity index (χ4n) is 11.0. The van der Waals surface area contributed by atoms with Gasteiger partial charge >= 0.3 is 0 Å². The number of para-hydroxylation sites is 2. The van der Waals surface area contributed by atoms with Crippen molar-refractivity contribution < 1.29 is 0 Å². The normalized spacial score (nSPS) is 12.9. The van der Waals surface area contributed by atoms with E-state index >= 15 is 0 Å². The van der Waals surface area contributed by atoms with Crippen molar-refractivity contribution >= 4 is 48.6 Å². The van der Waals surface area contributed by atoms with E-state index in [0.717, 1.165) is 17.1 Å². The van der Waals surface area contributed by atoms with E-state index < -0.39 is 5.41 Å². The Labute approximate surface area is 371 Å². The summed E-state index contributed by atoms with van der Waals surface area (Å²) in [5.74, 6) is 0. The number of hydrogen-bond donors (Lipinski definition) is 0. The van der Waals surface area contributed by atoms with Crippen LogP contribution in [0.1, 0.15) is 22.3 Å². The van der Waals surface area contributed by atoms with E-state index in [4.69, 9.17) is 0 Å². The van der Waals surface area contributed by atoms with Gasteiger partial charge in [0.25, 0.3) is 0 Å². The monoisotopic (exact) mass is 817 g/mol. The van der Waals surface area contributed by atoms with E-state index in [2.05, 4.69) is 241 Å². The minimum atomic E-state index is -0.391. The number of fused-ring (bicyclic) bond motifs is 13. The van der Waals surface area contributed by atoms with E-state index in [1.807, 2.05) is 11.3 Å². The summed E-state index contributed by atoms with van der Waals surface area (Å²) in [7, 11) is 0. The first kappa shape index (κ1) is 35.9. The molecule has 0 amide bonds. The molecule has 0 radical (unpaired) electrons. The highest BCUT2D eigenvalue weighted by atomic mass is 32.1. The highest BCUT2D eigenvalue weighted by Crippen LogP contribution is 2.64. The molecule has 2 aliphatic rings. The van der Waals surface area contributed by atoms with Crippen molar-refractivity contribution in [3.8, 4) is 55.6 Å². The molecular formula is C61H39NS. The van der Waals surface area contributed by atoms with Crippen LogP contribution in [0, 0.1) is 0 Å². The Morgan fingerprint density at radius 1 is 0.286 bits per heavy atom. The Balaban J connectivity index is 0.986. The third-order valence-electron chi connectivity index (χ3n) is 13.5. The van der Waals surface area contributed by atoms with Crippen LogP contribution in [-0.2, 0) is 5.41 Å². The van der Waals surface area contributed by atoms with Gasteiger partial charge in [0.15, 0.2) is 0 Å². The van der Waals surface area contributed by atoms with Crippen LogP contribution in [0.5, 0.6) is 0 Å². The summed E-state index contributed by atoms with van der Waals surface area (Å²) in [4.78, 5) is 2.35. The molecule has 10 aromatic carbocycles. The molecule has 1 spiro atoms. The maximum Gasteiger partial charge on any atom is 0.0725 e. The molecule has 0 saturated heterocycles. The zero-order chi connectivity index (χ0) is 41.5. The van der Waals surface area contributed by atoms with E-state index in [0.29, 0.717) is 0 Å². The lowest BCUT2D eigenvalue weighted by Gasteiger charge is -2.30. The minimum absolute atomic E-state index is 0.391. The van der Waals surface area contributed by atoms with Crippen molar-refractivity contribution in [1.82, 2.24) is 0 Å². The Morgan fingerprint density at radius 3 is 1.32 bits per heavy atom. The van der Waals surface area contributed by atoms with Crippen molar-refractivity contribution in [1.29, 1.82) is 0 Å². The first-order valence-electron chi connectivity index (χ1n) is 21.8.